The van der Waals surface area contributed by atoms with Gasteiger partial charge in [-0.1, -0.05) is 43.0 Å². The van der Waals surface area contributed by atoms with Crippen molar-refractivity contribution in [2.75, 3.05) is 56.2 Å². The van der Waals surface area contributed by atoms with Crippen molar-refractivity contribution in [3.63, 3.8) is 0 Å². The van der Waals surface area contributed by atoms with Crippen LogP contribution < -0.4 is 14.5 Å². The van der Waals surface area contributed by atoms with Crippen molar-refractivity contribution in [3.05, 3.63) is 66.4 Å². The lowest BCUT2D eigenvalue weighted by molar-refractivity contribution is -0.128. The van der Waals surface area contributed by atoms with Crippen molar-refractivity contribution < 1.29 is 14.6 Å². The SMILES string of the molecule is C=CC(=O)N1CCN(c2nc(OC[C@@H]3C[C@@H](O)CN3C)nc3c2CCN(c2cccc4ccccc24)C3)CC1CC#N. The summed E-state index contributed by atoms with van der Waals surface area (Å²) < 4.78 is 6.22. The second kappa shape index (κ2) is 12.0. The number of β-amino-alcohol motifs (C(OH)–C–C–N with tert-alkyl or cyclic N) is 1. The minimum Gasteiger partial charge on any atom is -0.462 e. The zero-order valence-corrected chi connectivity index (χ0v) is 24.0. The summed E-state index contributed by atoms with van der Waals surface area (Å²) in [6, 6.07) is 17.2. The fraction of sp³-hybridized carbons (Fsp3) is 0.438. The smallest absolute Gasteiger partial charge is 0.318 e. The summed E-state index contributed by atoms with van der Waals surface area (Å²) in [7, 11) is 1.99. The number of piperazine rings is 1. The zero-order chi connectivity index (χ0) is 29.2. The molecule has 2 saturated heterocycles. The molecule has 2 aromatic carbocycles. The average molecular weight is 568 g/mol. The Morgan fingerprint density at radius 3 is 2.74 bits per heavy atom. The first kappa shape index (κ1) is 27.9. The van der Waals surface area contributed by atoms with E-state index in [0.29, 0.717) is 51.8 Å². The number of ether oxygens (including phenoxy) is 1. The van der Waals surface area contributed by atoms with Gasteiger partial charge in [-0.2, -0.15) is 15.2 Å². The summed E-state index contributed by atoms with van der Waals surface area (Å²) in [6.07, 6.45) is 2.61. The zero-order valence-electron chi connectivity index (χ0n) is 24.0. The molecule has 3 atom stereocenters. The van der Waals surface area contributed by atoms with Crippen molar-refractivity contribution in [3.8, 4) is 12.1 Å². The number of hydrogen-bond donors (Lipinski definition) is 1. The largest absolute Gasteiger partial charge is 0.462 e. The summed E-state index contributed by atoms with van der Waals surface area (Å²) in [5, 5.41) is 22.0. The van der Waals surface area contributed by atoms with E-state index in [1.807, 2.05) is 7.05 Å². The van der Waals surface area contributed by atoms with E-state index in [9.17, 15) is 15.2 Å². The highest BCUT2D eigenvalue weighted by atomic mass is 16.5. The summed E-state index contributed by atoms with van der Waals surface area (Å²) in [5.41, 5.74) is 3.19. The maximum atomic E-state index is 12.5. The quantitative estimate of drug-likeness (QED) is 0.431. The van der Waals surface area contributed by atoms with Gasteiger partial charge in [0, 0.05) is 55.4 Å². The molecule has 4 heterocycles. The molecule has 2 fully saturated rings. The molecule has 1 aromatic heterocycles. The van der Waals surface area contributed by atoms with E-state index >= 15 is 0 Å². The van der Waals surface area contributed by atoms with Gasteiger partial charge in [0.25, 0.3) is 0 Å². The van der Waals surface area contributed by atoms with Gasteiger partial charge in [-0.15, -0.1) is 0 Å². The van der Waals surface area contributed by atoms with Gasteiger partial charge in [-0.05, 0) is 37.4 Å². The number of nitriles is 1. The lowest BCUT2D eigenvalue weighted by Gasteiger charge is -2.42. The normalized spacial score (nSPS) is 22.6. The number of aromatic nitrogens is 2. The third kappa shape index (κ3) is 5.50. The maximum absolute atomic E-state index is 12.5. The van der Waals surface area contributed by atoms with Gasteiger partial charge in [0.2, 0.25) is 5.91 Å². The predicted molar refractivity (Wildman–Crippen MR) is 161 cm³/mol. The molecule has 1 unspecified atom stereocenters. The van der Waals surface area contributed by atoms with Crippen molar-refractivity contribution in [2.24, 2.45) is 0 Å². The Morgan fingerprint density at radius 1 is 1.12 bits per heavy atom. The van der Waals surface area contributed by atoms with Crippen molar-refractivity contribution in [1.29, 1.82) is 5.26 Å². The molecule has 3 aliphatic heterocycles. The topological polar surface area (TPSA) is 109 Å². The number of likely N-dealkylation sites (N-methyl/N-ethyl adjacent to an activating group) is 1. The molecule has 0 saturated carbocycles. The van der Waals surface area contributed by atoms with Crippen LogP contribution in [0.5, 0.6) is 6.01 Å². The van der Waals surface area contributed by atoms with E-state index in [0.717, 1.165) is 30.0 Å². The molecule has 0 radical (unpaired) electrons. The Bertz CT molecular complexity index is 1520. The van der Waals surface area contributed by atoms with Gasteiger partial charge in [0.15, 0.2) is 0 Å². The van der Waals surface area contributed by atoms with E-state index < -0.39 is 0 Å². The monoisotopic (exact) mass is 567 g/mol. The number of likely N-dealkylation sites (tertiary alicyclic amines) is 1. The molecule has 42 heavy (non-hydrogen) atoms. The van der Waals surface area contributed by atoms with Crippen LogP contribution in [0.15, 0.2) is 55.1 Å². The Morgan fingerprint density at radius 2 is 1.95 bits per heavy atom. The van der Waals surface area contributed by atoms with E-state index in [4.69, 9.17) is 14.7 Å². The number of aliphatic hydroxyl groups excluding tert-OH is 1. The van der Waals surface area contributed by atoms with Crippen LogP contribution in [0.2, 0.25) is 0 Å². The van der Waals surface area contributed by atoms with Crippen LogP contribution in [0, 0.1) is 11.3 Å². The number of benzene rings is 2. The van der Waals surface area contributed by atoms with Crippen LogP contribution in [-0.2, 0) is 17.8 Å². The average Bonchev–Trinajstić information content (AvgIpc) is 3.34. The summed E-state index contributed by atoms with van der Waals surface area (Å²) >= 11 is 0. The van der Waals surface area contributed by atoms with Gasteiger partial charge in [0.1, 0.15) is 12.4 Å². The lowest BCUT2D eigenvalue weighted by atomic mass is 10.0. The van der Waals surface area contributed by atoms with Crippen molar-refractivity contribution in [1.82, 2.24) is 19.8 Å². The van der Waals surface area contributed by atoms with E-state index in [1.165, 1.54) is 22.5 Å². The number of fused-ring (bicyclic) bond motifs is 2. The van der Waals surface area contributed by atoms with Crippen LogP contribution in [0.25, 0.3) is 10.8 Å². The predicted octanol–water partition coefficient (Wildman–Crippen LogP) is 2.75. The number of amides is 1. The number of carbonyl (C=O) groups excluding carboxylic acids is 1. The third-order valence-corrected chi connectivity index (χ3v) is 8.77. The van der Waals surface area contributed by atoms with E-state index in [1.54, 1.807) is 4.90 Å². The van der Waals surface area contributed by atoms with Crippen LogP contribution in [0.4, 0.5) is 11.5 Å². The van der Waals surface area contributed by atoms with E-state index in [-0.39, 0.29) is 30.5 Å². The second-order valence-corrected chi connectivity index (χ2v) is 11.4. The number of nitrogens with zero attached hydrogens (tertiary/aromatic N) is 7. The molecule has 10 nitrogen and oxygen atoms in total. The molecule has 3 aromatic rings. The molecule has 0 bridgehead atoms. The third-order valence-electron chi connectivity index (χ3n) is 8.77. The van der Waals surface area contributed by atoms with Gasteiger partial charge in [-0.3, -0.25) is 9.69 Å². The van der Waals surface area contributed by atoms with Crippen molar-refractivity contribution >= 4 is 28.2 Å². The Hall–Kier alpha value is -4.20. The first-order chi connectivity index (χ1) is 20.4. The standard InChI is InChI=1S/C32H37N7O3/c1-3-30(41)39-16-15-38(18-23(39)11-13-33)31-27-12-14-37(29-10-6-8-22-7-4-5-9-26(22)29)20-28(27)34-32(35-31)42-21-24-17-25(40)19-36(24)2/h3-10,23-25,40H,1,11-12,14-21H2,2H3/t23?,24-,25+/m0/s1. The van der Waals surface area contributed by atoms with Crippen LogP contribution >= 0.6 is 0 Å². The molecular formula is C32H37N7O3. The number of carbonyl (C=O) groups is 1. The first-order valence-corrected chi connectivity index (χ1v) is 14.6. The van der Waals surface area contributed by atoms with Gasteiger partial charge >= 0.3 is 6.01 Å². The van der Waals surface area contributed by atoms with E-state index in [2.05, 4.69) is 69.8 Å². The second-order valence-electron chi connectivity index (χ2n) is 11.4. The molecular weight excluding hydrogens is 530 g/mol. The van der Waals surface area contributed by atoms with Gasteiger partial charge < -0.3 is 24.5 Å². The maximum Gasteiger partial charge on any atom is 0.318 e. The lowest BCUT2D eigenvalue weighted by Crippen LogP contribution is -2.55. The first-order valence-electron chi connectivity index (χ1n) is 14.6. The highest BCUT2D eigenvalue weighted by Crippen LogP contribution is 2.35. The summed E-state index contributed by atoms with van der Waals surface area (Å²) in [6.45, 7) is 7.67. The molecule has 10 heteroatoms. The summed E-state index contributed by atoms with van der Waals surface area (Å²) in [4.78, 5) is 30.8. The van der Waals surface area contributed by atoms with Gasteiger partial charge in [0.05, 0.1) is 36.9 Å². The molecule has 218 valence electrons. The Kier molecular flexibility index (Phi) is 7.96. The minimum absolute atomic E-state index is 0.0868. The number of anilines is 2. The number of aliphatic hydroxyl groups is 1. The molecule has 0 aliphatic carbocycles. The fourth-order valence-electron chi connectivity index (χ4n) is 6.56. The Balaban J connectivity index is 1.32. The van der Waals surface area contributed by atoms with Gasteiger partial charge in [-0.25, -0.2) is 0 Å². The van der Waals surface area contributed by atoms with Crippen LogP contribution in [-0.4, -0.2) is 95.3 Å². The van der Waals surface area contributed by atoms with Crippen LogP contribution in [0.3, 0.4) is 0 Å². The fourth-order valence-corrected chi connectivity index (χ4v) is 6.56. The molecule has 6 rings (SSSR count). The molecule has 1 N–H and O–H groups in total. The number of hydrogen-bond acceptors (Lipinski definition) is 9. The highest BCUT2D eigenvalue weighted by Gasteiger charge is 2.34. The van der Waals surface area contributed by atoms with Crippen molar-refractivity contribution in [2.45, 2.75) is 44.0 Å². The number of rotatable bonds is 7. The molecule has 3 aliphatic rings. The molecule has 0 spiro atoms. The summed E-state index contributed by atoms with van der Waals surface area (Å²) in [5.74, 6) is 0.665. The minimum atomic E-state index is -0.357. The Labute approximate surface area is 246 Å². The molecule has 1 amide bonds. The highest BCUT2D eigenvalue weighted by molar-refractivity contribution is 5.94. The van der Waals surface area contributed by atoms with Crippen LogP contribution in [0.1, 0.15) is 24.1 Å².